The van der Waals surface area contributed by atoms with E-state index < -0.39 is 0 Å². The van der Waals surface area contributed by atoms with E-state index in [1.807, 2.05) is 45.9 Å². The second-order valence-electron chi connectivity index (χ2n) is 6.29. The topological polar surface area (TPSA) is 64.0 Å². The van der Waals surface area contributed by atoms with E-state index in [1.54, 1.807) is 10.8 Å². The lowest BCUT2D eigenvalue weighted by molar-refractivity contribution is -0.121. The van der Waals surface area contributed by atoms with Crippen LogP contribution in [0.3, 0.4) is 0 Å². The summed E-state index contributed by atoms with van der Waals surface area (Å²) in [6, 6.07) is 5.78. The Hall–Kier alpha value is -1.95. The first-order chi connectivity index (χ1) is 10.8. The van der Waals surface area contributed by atoms with E-state index >= 15 is 0 Å². The van der Waals surface area contributed by atoms with E-state index in [4.69, 9.17) is 0 Å². The molecule has 0 saturated heterocycles. The Morgan fingerprint density at radius 2 is 2.09 bits per heavy atom. The summed E-state index contributed by atoms with van der Waals surface area (Å²) in [5.74, 6) is -0.0517. The number of carbonyl (C=O) groups excluding carboxylic acids is 1. The lowest BCUT2D eigenvalue weighted by atomic mass is 9.88. The number of hydrogen-bond acceptors (Lipinski definition) is 4. The fourth-order valence-electron chi connectivity index (χ4n) is 2.32. The highest BCUT2D eigenvalue weighted by Gasteiger charge is 2.22. The van der Waals surface area contributed by atoms with Crippen LogP contribution in [0.4, 0.5) is 0 Å². The zero-order valence-electron chi connectivity index (χ0n) is 14.0. The molecule has 124 valence electrons. The minimum absolute atomic E-state index is 0.00150. The maximum absolute atomic E-state index is 12.1. The molecule has 1 amide bonds. The van der Waals surface area contributed by atoms with Crippen molar-refractivity contribution in [2.45, 2.75) is 46.1 Å². The van der Waals surface area contributed by atoms with Crippen LogP contribution in [0.2, 0.25) is 0 Å². The maximum Gasteiger partial charge on any atom is 0.307 e. The number of aryl methyl sites for hydroxylation is 1. The van der Waals surface area contributed by atoms with Crippen molar-refractivity contribution in [3.8, 4) is 0 Å². The van der Waals surface area contributed by atoms with Crippen molar-refractivity contribution in [3.63, 3.8) is 0 Å². The first-order valence-corrected chi connectivity index (χ1v) is 8.48. The Bertz CT molecular complexity index is 732. The lowest BCUT2D eigenvalue weighted by Gasteiger charge is -2.24. The lowest BCUT2D eigenvalue weighted by Crippen LogP contribution is -2.37. The summed E-state index contributed by atoms with van der Waals surface area (Å²) >= 11 is 1.23. The molecular weight excluding hydrogens is 310 g/mol. The molecular formula is C17H23N3O2S. The van der Waals surface area contributed by atoms with Gasteiger partial charge in [-0.2, -0.15) is 0 Å². The molecule has 0 unspecified atom stereocenters. The van der Waals surface area contributed by atoms with E-state index in [2.05, 4.69) is 10.3 Å². The van der Waals surface area contributed by atoms with Crippen molar-refractivity contribution < 1.29 is 4.79 Å². The molecule has 0 aromatic carbocycles. The van der Waals surface area contributed by atoms with Gasteiger partial charge in [0.25, 0.3) is 0 Å². The van der Waals surface area contributed by atoms with Gasteiger partial charge in [0.1, 0.15) is 0 Å². The summed E-state index contributed by atoms with van der Waals surface area (Å²) in [6.07, 6.45) is 2.06. The van der Waals surface area contributed by atoms with Gasteiger partial charge in [0.2, 0.25) is 5.91 Å². The van der Waals surface area contributed by atoms with Gasteiger partial charge in [0.05, 0.1) is 0 Å². The highest BCUT2D eigenvalue weighted by molar-refractivity contribution is 7.09. The number of nitrogens with zero attached hydrogens (tertiary/aromatic N) is 2. The van der Waals surface area contributed by atoms with E-state index in [-0.39, 0.29) is 16.2 Å². The summed E-state index contributed by atoms with van der Waals surface area (Å²) < 4.78 is 1.67. The van der Waals surface area contributed by atoms with Crippen LogP contribution >= 0.6 is 11.3 Å². The number of amides is 1. The van der Waals surface area contributed by atoms with E-state index in [0.717, 1.165) is 16.3 Å². The standard InChI is InChI=1S/C17H23N3O2S/c1-12-13(2)23-16(22)20(12)10-8-15(21)19-11-17(3,4)14-7-5-6-9-18-14/h5-7,9H,8,10-11H2,1-4H3,(H,19,21). The molecule has 5 nitrogen and oxygen atoms in total. The van der Waals surface area contributed by atoms with E-state index in [9.17, 15) is 9.59 Å². The molecule has 0 aliphatic carbocycles. The highest BCUT2D eigenvalue weighted by Crippen LogP contribution is 2.19. The average Bonchev–Trinajstić information content (AvgIpc) is 2.77. The van der Waals surface area contributed by atoms with Crippen molar-refractivity contribution >= 4 is 17.2 Å². The zero-order chi connectivity index (χ0) is 17.0. The molecule has 0 atom stereocenters. The Labute approximate surface area is 140 Å². The first-order valence-electron chi connectivity index (χ1n) is 7.66. The van der Waals surface area contributed by atoms with Gasteiger partial charge in [-0.15, -0.1) is 0 Å². The molecule has 1 N–H and O–H groups in total. The molecule has 23 heavy (non-hydrogen) atoms. The number of nitrogens with one attached hydrogen (secondary N) is 1. The van der Waals surface area contributed by atoms with Gasteiger partial charge in [0, 0.05) is 47.4 Å². The summed E-state index contributed by atoms with van der Waals surface area (Å²) in [6.45, 7) is 8.87. The zero-order valence-corrected chi connectivity index (χ0v) is 14.9. The Morgan fingerprint density at radius 3 is 2.65 bits per heavy atom. The van der Waals surface area contributed by atoms with Gasteiger partial charge >= 0.3 is 4.87 Å². The van der Waals surface area contributed by atoms with Gasteiger partial charge < -0.3 is 9.88 Å². The summed E-state index contributed by atoms with van der Waals surface area (Å²) in [5, 5.41) is 2.95. The number of hydrogen-bond donors (Lipinski definition) is 1. The van der Waals surface area contributed by atoms with Gasteiger partial charge in [-0.25, -0.2) is 0 Å². The Morgan fingerprint density at radius 1 is 1.35 bits per heavy atom. The van der Waals surface area contributed by atoms with Crippen molar-refractivity contribution in [2.24, 2.45) is 0 Å². The van der Waals surface area contributed by atoms with Crippen LogP contribution in [0.5, 0.6) is 0 Å². The fourth-order valence-corrected chi connectivity index (χ4v) is 3.18. The number of thiazole rings is 1. The van der Waals surface area contributed by atoms with Crippen LogP contribution in [-0.2, 0) is 16.8 Å². The van der Waals surface area contributed by atoms with Crippen LogP contribution in [-0.4, -0.2) is 22.0 Å². The number of rotatable bonds is 6. The van der Waals surface area contributed by atoms with Crippen LogP contribution < -0.4 is 10.2 Å². The smallest absolute Gasteiger partial charge is 0.307 e. The quantitative estimate of drug-likeness (QED) is 0.883. The summed E-state index contributed by atoms with van der Waals surface area (Å²) in [5.41, 5.74) is 1.66. The third kappa shape index (κ3) is 4.28. The highest BCUT2D eigenvalue weighted by atomic mass is 32.1. The van der Waals surface area contributed by atoms with Crippen molar-refractivity contribution in [2.75, 3.05) is 6.54 Å². The maximum atomic E-state index is 12.1. The first kappa shape index (κ1) is 17.4. The van der Waals surface area contributed by atoms with Crippen LogP contribution in [0.1, 0.15) is 36.5 Å². The molecule has 0 aliphatic rings. The second kappa shape index (κ2) is 7.08. The van der Waals surface area contributed by atoms with Gasteiger partial charge in [-0.05, 0) is 26.0 Å². The molecule has 0 fully saturated rings. The minimum Gasteiger partial charge on any atom is -0.355 e. The van der Waals surface area contributed by atoms with Gasteiger partial charge in [-0.3, -0.25) is 14.6 Å². The monoisotopic (exact) mass is 333 g/mol. The number of pyridine rings is 1. The Kier molecular flexibility index (Phi) is 5.36. The molecule has 0 saturated carbocycles. The normalized spacial score (nSPS) is 11.5. The van der Waals surface area contributed by atoms with Crippen molar-refractivity contribution in [1.29, 1.82) is 0 Å². The minimum atomic E-state index is -0.233. The summed E-state index contributed by atoms with van der Waals surface area (Å²) in [4.78, 5) is 29.3. The molecule has 2 heterocycles. The van der Waals surface area contributed by atoms with Gasteiger partial charge in [0.15, 0.2) is 0 Å². The predicted octanol–water partition coefficient (Wildman–Crippen LogP) is 2.41. The van der Waals surface area contributed by atoms with Crippen molar-refractivity contribution in [3.05, 3.63) is 50.3 Å². The molecule has 2 aromatic heterocycles. The molecule has 2 rings (SSSR count). The third-order valence-corrected chi connectivity index (χ3v) is 5.02. The average molecular weight is 333 g/mol. The second-order valence-corrected chi connectivity index (χ2v) is 7.45. The number of aromatic nitrogens is 2. The van der Waals surface area contributed by atoms with E-state index in [0.29, 0.717) is 19.5 Å². The molecule has 2 aromatic rings. The fraction of sp³-hybridized carbons (Fsp3) is 0.471. The predicted molar refractivity (Wildman–Crippen MR) is 92.9 cm³/mol. The van der Waals surface area contributed by atoms with Crippen molar-refractivity contribution in [1.82, 2.24) is 14.9 Å². The largest absolute Gasteiger partial charge is 0.355 e. The summed E-state index contributed by atoms with van der Waals surface area (Å²) in [7, 11) is 0. The third-order valence-electron chi connectivity index (χ3n) is 4.02. The van der Waals surface area contributed by atoms with Crippen LogP contribution in [0.15, 0.2) is 29.2 Å². The molecule has 0 radical (unpaired) electrons. The SMILES string of the molecule is Cc1sc(=O)n(CCC(=O)NCC(C)(C)c2ccccn2)c1C. The van der Waals surface area contributed by atoms with Crippen LogP contribution in [0.25, 0.3) is 0 Å². The number of carbonyl (C=O) groups is 1. The Balaban J connectivity index is 1.89. The van der Waals surface area contributed by atoms with Crippen LogP contribution in [0, 0.1) is 13.8 Å². The molecule has 0 aliphatic heterocycles. The molecule has 6 heteroatoms. The molecule has 0 spiro atoms. The van der Waals surface area contributed by atoms with E-state index in [1.165, 1.54) is 11.3 Å². The molecule has 0 bridgehead atoms. The van der Waals surface area contributed by atoms with Gasteiger partial charge in [-0.1, -0.05) is 31.3 Å².